The second kappa shape index (κ2) is 6.00. The van der Waals surface area contributed by atoms with E-state index in [1.807, 2.05) is 32.0 Å². The Morgan fingerprint density at radius 1 is 1.16 bits per heavy atom. The third-order valence-electron chi connectivity index (χ3n) is 2.40. The monoisotopic (exact) mass is 256 g/mol. The molecule has 0 radical (unpaired) electrons. The van der Waals surface area contributed by atoms with Crippen LogP contribution in [-0.4, -0.2) is 17.0 Å². The molecule has 1 amide bonds. The van der Waals surface area contributed by atoms with Gasteiger partial charge in [-0.3, -0.25) is 4.79 Å². The van der Waals surface area contributed by atoms with Gasteiger partial charge in [-0.15, -0.1) is 0 Å². The first-order valence-electron chi connectivity index (χ1n) is 6.15. The number of anilines is 1. The Morgan fingerprint density at radius 3 is 2.58 bits per heavy atom. The summed E-state index contributed by atoms with van der Waals surface area (Å²) in [5.74, 6) is 0.805. The van der Waals surface area contributed by atoms with Gasteiger partial charge in [-0.05, 0) is 38.1 Å². The van der Waals surface area contributed by atoms with Gasteiger partial charge in [0.2, 0.25) is 0 Å². The number of hydrogen-bond donors (Lipinski definition) is 1. The summed E-state index contributed by atoms with van der Waals surface area (Å²) in [6.45, 7) is 3.85. The third kappa shape index (κ3) is 3.55. The first-order chi connectivity index (χ1) is 9.16. The van der Waals surface area contributed by atoms with E-state index in [0.29, 0.717) is 17.1 Å². The molecule has 0 saturated heterocycles. The summed E-state index contributed by atoms with van der Waals surface area (Å²) in [4.78, 5) is 16.2. The Labute approximate surface area is 112 Å². The van der Waals surface area contributed by atoms with Crippen molar-refractivity contribution in [3.05, 3.63) is 54.2 Å². The lowest BCUT2D eigenvalue weighted by atomic mass is 10.2. The number of amides is 1. The summed E-state index contributed by atoms with van der Waals surface area (Å²) in [5.41, 5.74) is 0.587. The number of hydrogen-bond acceptors (Lipinski definition) is 3. The van der Waals surface area contributed by atoms with Crippen molar-refractivity contribution < 1.29 is 9.53 Å². The largest absolute Gasteiger partial charge is 0.487 e. The molecule has 2 aromatic rings. The highest BCUT2D eigenvalue weighted by molar-refractivity contribution is 6.04. The fourth-order valence-corrected chi connectivity index (χ4v) is 1.60. The Kier molecular flexibility index (Phi) is 4.13. The zero-order valence-corrected chi connectivity index (χ0v) is 11.0. The van der Waals surface area contributed by atoms with Crippen molar-refractivity contribution in [1.82, 2.24) is 4.98 Å². The highest BCUT2D eigenvalue weighted by Crippen LogP contribution is 2.22. The number of ether oxygens (including phenoxy) is 1. The maximum atomic E-state index is 12.0. The minimum Gasteiger partial charge on any atom is -0.487 e. The molecule has 0 bridgehead atoms. The lowest BCUT2D eigenvalue weighted by molar-refractivity contribution is 0.102. The van der Waals surface area contributed by atoms with Gasteiger partial charge in [-0.25, -0.2) is 4.98 Å². The van der Waals surface area contributed by atoms with Crippen LogP contribution in [0.3, 0.4) is 0 Å². The van der Waals surface area contributed by atoms with E-state index in [-0.39, 0.29) is 12.0 Å². The predicted molar refractivity (Wildman–Crippen MR) is 74.4 cm³/mol. The van der Waals surface area contributed by atoms with Crippen molar-refractivity contribution in [2.45, 2.75) is 20.0 Å². The fraction of sp³-hybridized carbons (Fsp3) is 0.200. The van der Waals surface area contributed by atoms with Gasteiger partial charge in [0.1, 0.15) is 0 Å². The molecule has 4 nitrogen and oxygen atoms in total. The molecule has 0 spiro atoms. The first-order valence-corrected chi connectivity index (χ1v) is 6.15. The highest BCUT2D eigenvalue weighted by Gasteiger charge is 2.11. The van der Waals surface area contributed by atoms with E-state index < -0.39 is 0 Å². The summed E-state index contributed by atoms with van der Waals surface area (Å²) in [6, 6.07) is 12.6. The van der Waals surface area contributed by atoms with Gasteiger partial charge < -0.3 is 10.1 Å². The van der Waals surface area contributed by atoms with Crippen molar-refractivity contribution in [1.29, 1.82) is 0 Å². The van der Waals surface area contributed by atoms with Crippen molar-refractivity contribution in [3.8, 4) is 5.75 Å². The van der Waals surface area contributed by atoms with Crippen molar-refractivity contribution in [2.24, 2.45) is 0 Å². The van der Waals surface area contributed by atoms with Gasteiger partial charge in [0, 0.05) is 11.8 Å². The van der Waals surface area contributed by atoms with Gasteiger partial charge in [0.15, 0.2) is 11.6 Å². The number of carbonyl (C=O) groups is 1. The normalized spacial score (nSPS) is 10.3. The average Bonchev–Trinajstić information content (AvgIpc) is 2.41. The number of aromatic nitrogens is 1. The summed E-state index contributed by atoms with van der Waals surface area (Å²) < 4.78 is 5.60. The molecule has 0 unspecified atom stereocenters. The predicted octanol–water partition coefficient (Wildman–Crippen LogP) is 3.12. The Balaban J connectivity index is 2.17. The van der Waals surface area contributed by atoms with Crippen LogP contribution in [0, 0.1) is 0 Å². The van der Waals surface area contributed by atoms with Crippen LogP contribution in [0.4, 0.5) is 5.82 Å². The molecule has 98 valence electrons. The third-order valence-corrected chi connectivity index (χ3v) is 2.40. The summed E-state index contributed by atoms with van der Waals surface area (Å²) in [5, 5.41) is 2.76. The molecule has 0 atom stereocenters. The average molecular weight is 256 g/mol. The van der Waals surface area contributed by atoms with Crippen molar-refractivity contribution in [3.63, 3.8) is 0 Å². The summed E-state index contributed by atoms with van der Waals surface area (Å²) >= 11 is 0. The molecule has 2 rings (SSSR count). The maximum Gasteiger partial charge on any atom is 0.256 e. The van der Waals surface area contributed by atoms with E-state index in [1.54, 1.807) is 30.5 Å². The van der Waals surface area contributed by atoms with Gasteiger partial charge in [-0.1, -0.05) is 18.2 Å². The lowest BCUT2D eigenvalue weighted by Gasteiger charge is -2.13. The molecular formula is C15H16N2O2. The van der Waals surface area contributed by atoms with Gasteiger partial charge >= 0.3 is 0 Å². The second-order valence-electron chi connectivity index (χ2n) is 4.34. The van der Waals surface area contributed by atoms with Crippen LogP contribution < -0.4 is 10.1 Å². The van der Waals surface area contributed by atoms with Crippen LogP contribution >= 0.6 is 0 Å². The van der Waals surface area contributed by atoms with E-state index >= 15 is 0 Å². The molecule has 0 aliphatic heterocycles. The Morgan fingerprint density at radius 2 is 1.89 bits per heavy atom. The molecule has 1 aromatic heterocycles. The van der Waals surface area contributed by atoms with Crippen LogP contribution in [0.5, 0.6) is 5.75 Å². The number of nitrogens with one attached hydrogen (secondary N) is 1. The molecule has 1 heterocycles. The molecule has 0 fully saturated rings. The Bertz CT molecular complexity index is 553. The molecular weight excluding hydrogens is 240 g/mol. The molecule has 1 aromatic carbocycles. The summed E-state index contributed by atoms with van der Waals surface area (Å²) in [7, 11) is 0. The van der Waals surface area contributed by atoms with E-state index in [4.69, 9.17) is 4.74 Å². The standard InChI is InChI=1S/C15H16N2O2/c1-11(2)19-13-9-6-10-16-14(13)17-15(18)12-7-4-3-5-8-12/h3-11H,1-2H3,(H,16,17,18). The smallest absolute Gasteiger partial charge is 0.256 e. The van der Waals surface area contributed by atoms with E-state index in [9.17, 15) is 4.79 Å². The SMILES string of the molecule is CC(C)Oc1cccnc1NC(=O)c1ccccc1. The van der Waals surface area contributed by atoms with Crippen molar-refractivity contribution >= 4 is 11.7 Å². The number of carbonyl (C=O) groups excluding carboxylic acids is 1. The zero-order valence-electron chi connectivity index (χ0n) is 11.0. The number of nitrogens with zero attached hydrogens (tertiary/aromatic N) is 1. The molecule has 19 heavy (non-hydrogen) atoms. The maximum absolute atomic E-state index is 12.0. The molecule has 0 aliphatic rings. The number of pyridine rings is 1. The van der Waals surface area contributed by atoms with E-state index in [0.717, 1.165) is 0 Å². The van der Waals surface area contributed by atoms with Crippen molar-refractivity contribution in [2.75, 3.05) is 5.32 Å². The topological polar surface area (TPSA) is 51.2 Å². The highest BCUT2D eigenvalue weighted by atomic mass is 16.5. The van der Waals surface area contributed by atoms with E-state index in [1.165, 1.54) is 0 Å². The minimum atomic E-state index is -0.201. The quantitative estimate of drug-likeness (QED) is 0.914. The number of rotatable bonds is 4. The molecule has 0 saturated carbocycles. The van der Waals surface area contributed by atoms with Crippen LogP contribution in [0.25, 0.3) is 0 Å². The van der Waals surface area contributed by atoms with Crippen LogP contribution in [0.15, 0.2) is 48.7 Å². The molecule has 1 N–H and O–H groups in total. The fourth-order valence-electron chi connectivity index (χ4n) is 1.60. The molecule has 4 heteroatoms. The summed E-state index contributed by atoms with van der Waals surface area (Å²) in [6.07, 6.45) is 1.64. The molecule has 0 aliphatic carbocycles. The van der Waals surface area contributed by atoms with Gasteiger partial charge in [0.05, 0.1) is 6.10 Å². The Hall–Kier alpha value is -2.36. The van der Waals surface area contributed by atoms with Gasteiger partial charge in [-0.2, -0.15) is 0 Å². The lowest BCUT2D eigenvalue weighted by Crippen LogP contribution is -2.15. The van der Waals surface area contributed by atoms with Gasteiger partial charge in [0.25, 0.3) is 5.91 Å². The number of benzene rings is 1. The first kappa shape index (κ1) is 13.1. The van der Waals surface area contributed by atoms with E-state index in [2.05, 4.69) is 10.3 Å². The second-order valence-corrected chi connectivity index (χ2v) is 4.34. The zero-order chi connectivity index (χ0) is 13.7. The minimum absolute atomic E-state index is 0.0246. The van der Waals surface area contributed by atoms with Crippen LogP contribution in [0.2, 0.25) is 0 Å². The van der Waals surface area contributed by atoms with Crippen LogP contribution in [-0.2, 0) is 0 Å². The van der Waals surface area contributed by atoms with Crippen LogP contribution in [0.1, 0.15) is 24.2 Å².